The highest BCUT2D eigenvalue weighted by Crippen LogP contribution is 2.10. The summed E-state index contributed by atoms with van der Waals surface area (Å²) in [7, 11) is 0. The zero-order valence-electron chi connectivity index (χ0n) is 15.9. The Labute approximate surface area is 163 Å². The number of esters is 1. The van der Waals surface area contributed by atoms with Crippen molar-refractivity contribution in [1.29, 1.82) is 0 Å². The average Bonchev–Trinajstić information content (AvgIpc) is 2.51. The average molecular weight is 383 g/mol. The fourth-order valence-electron chi connectivity index (χ4n) is 2.57. The number of halogens is 2. The predicted molar refractivity (Wildman–Crippen MR) is 111 cm³/mol. The van der Waals surface area contributed by atoms with Crippen LogP contribution in [0.15, 0.2) is 12.2 Å². The minimum atomic E-state index is -0.0415. The molecule has 0 saturated heterocycles. The molecule has 24 heavy (non-hydrogen) atoms. The Kier molecular flexibility index (Phi) is 29.8. The molecule has 0 heterocycles. The van der Waals surface area contributed by atoms with Crippen molar-refractivity contribution in [3.05, 3.63) is 12.2 Å². The van der Waals surface area contributed by atoms with Crippen LogP contribution in [0.4, 0.5) is 0 Å². The molecule has 0 unspecified atom stereocenters. The molecule has 0 N–H and O–H groups in total. The molecule has 0 bridgehead atoms. The van der Waals surface area contributed by atoms with Gasteiger partial charge in [0.05, 0.1) is 6.61 Å². The maximum absolute atomic E-state index is 11.1. The predicted octanol–water partition coefficient (Wildman–Crippen LogP) is 7.43. The molecule has 2 nitrogen and oxygen atoms in total. The number of ether oxygens (including phenoxy) is 1. The molecule has 0 amide bonds. The van der Waals surface area contributed by atoms with Gasteiger partial charge in [0.25, 0.3) is 0 Å². The quantitative estimate of drug-likeness (QED) is 0.157. The lowest BCUT2D eigenvalue weighted by Crippen LogP contribution is -2.03. The summed E-state index contributed by atoms with van der Waals surface area (Å²) in [6.07, 6.45) is 22.0. The lowest BCUT2D eigenvalue weighted by atomic mass is 10.1. The van der Waals surface area contributed by atoms with Gasteiger partial charge in [-0.25, -0.2) is 0 Å². The molecule has 0 aromatic carbocycles. The molecule has 0 spiro atoms. The third-order valence-electron chi connectivity index (χ3n) is 3.95. The Balaban J connectivity index is -0.00000220. The summed E-state index contributed by atoms with van der Waals surface area (Å²) in [6, 6.07) is 0. The fraction of sp³-hybridized carbons (Fsp3) is 0.850. The Morgan fingerprint density at radius 1 is 0.708 bits per heavy atom. The second-order valence-corrected chi connectivity index (χ2v) is 6.14. The normalized spacial score (nSPS) is 10.2. The van der Waals surface area contributed by atoms with E-state index in [0.717, 1.165) is 12.8 Å². The van der Waals surface area contributed by atoms with E-state index in [-0.39, 0.29) is 30.8 Å². The molecular weight excluding hydrogens is 343 g/mol. The lowest BCUT2D eigenvalue weighted by molar-refractivity contribution is -0.143. The molecule has 0 fully saturated rings. The molecule has 0 aliphatic heterocycles. The molecule has 0 radical (unpaired) electrons. The standard InChI is InChI=1S/C20H38O2.2ClH/c1-3-5-6-7-8-9-10-11-12-13-14-15-16-17-18-19-20(21)22-4-2;;/h11-12H,3-10,13-19H2,1-2H3;2*1H/b12-11-;;. The number of unbranched alkanes of at least 4 members (excludes halogenated alkanes) is 11. The van der Waals surface area contributed by atoms with E-state index in [1.165, 1.54) is 70.6 Å². The van der Waals surface area contributed by atoms with E-state index in [2.05, 4.69) is 19.1 Å². The van der Waals surface area contributed by atoms with Crippen molar-refractivity contribution in [2.24, 2.45) is 0 Å². The van der Waals surface area contributed by atoms with Gasteiger partial charge in [-0.05, 0) is 39.0 Å². The first-order valence-electron chi connectivity index (χ1n) is 9.61. The summed E-state index contributed by atoms with van der Waals surface area (Å²) in [5.74, 6) is -0.0415. The summed E-state index contributed by atoms with van der Waals surface area (Å²) in [5.41, 5.74) is 0. The van der Waals surface area contributed by atoms with Crippen molar-refractivity contribution in [3.8, 4) is 0 Å². The summed E-state index contributed by atoms with van der Waals surface area (Å²) >= 11 is 0. The number of hydrogen-bond acceptors (Lipinski definition) is 2. The van der Waals surface area contributed by atoms with E-state index >= 15 is 0 Å². The highest BCUT2D eigenvalue weighted by Gasteiger charge is 2.00. The van der Waals surface area contributed by atoms with Crippen LogP contribution >= 0.6 is 24.8 Å². The number of rotatable bonds is 16. The van der Waals surface area contributed by atoms with Crippen molar-refractivity contribution >= 4 is 30.8 Å². The molecule has 0 saturated carbocycles. The van der Waals surface area contributed by atoms with E-state index in [1.54, 1.807) is 0 Å². The number of carbonyl (C=O) groups is 1. The van der Waals surface area contributed by atoms with Gasteiger partial charge in [0.1, 0.15) is 0 Å². The van der Waals surface area contributed by atoms with Crippen molar-refractivity contribution in [2.75, 3.05) is 6.61 Å². The number of allylic oxidation sites excluding steroid dienone is 2. The van der Waals surface area contributed by atoms with Crippen LogP contribution in [0.3, 0.4) is 0 Å². The third-order valence-corrected chi connectivity index (χ3v) is 3.95. The maximum atomic E-state index is 11.1. The van der Waals surface area contributed by atoms with Crippen molar-refractivity contribution in [3.63, 3.8) is 0 Å². The highest BCUT2D eigenvalue weighted by molar-refractivity contribution is 5.85. The van der Waals surface area contributed by atoms with Gasteiger partial charge >= 0.3 is 5.97 Å². The molecule has 0 rings (SSSR count). The second-order valence-electron chi connectivity index (χ2n) is 6.14. The molecule has 0 aromatic rings. The van der Waals surface area contributed by atoms with Crippen LogP contribution in [0.25, 0.3) is 0 Å². The van der Waals surface area contributed by atoms with E-state index < -0.39 is 0 Å². The Morgan fingerprint density at radius 2 is 1.17 bits per heavy atom. The molecule has 0 aliphatic rings. The molecule has 0 aliphatic carbocycles. The lowest BCUT2D eigenvalue weighted by Gasteiger charge is -2.01. The molecule has 4 heteroatoms. The van der Waals surface area contributed by atoms with Gasteiger partial charge in [0.2, 0.25) is 0 Å². The fourth-order valence-corrected chi connectivity index (χ4v) is 2.57. The Hall–Kier alpha value is -0.210. The van der Waals surface area contributed by atoms with Crippen LogP contribution in [-0.2, 0) is 9.53 Å². The minimum absolute atomic E-state index is 0. The monoisotopic (exact) mass is 382 g/mol. The van der Waals surface area contributed by atoms with E-state index in [9.17, 15) is 4.79 Å². The van der Waals surface area contributed by atoms with Gasteiger partial charge in [-0.2, -0.15) is 0 Å². The van der Waals surface area contributed by atoms with E-state index in [1.807, 2.05) is 6.92 Å². The van der Waals surface area contributed by atoms with E-state index in [4.69, 9.17) is 4.74 Å². The first kappa shape index (κ1) is 28.6. The van der Waals surface area contributed by atoms with Crippen LogP contribution in [0, 0.1) is 0 Å². The van der Waals surface area contributed by atoms with Crippen LogP contribution in [0.1, 0.15) is 104 Å². The molecule has 0 atom stereocenters. The molecular formula is C20H40Cl2O2. The smallest absolute Gasteiger partial charge is 0.305 e. The summed E-state index contributed by atoms with van der Waals surface area (Å²) in [6.45, 7) is 4.63. The van der Waals surface area contributed by atoms with Gasteiger partial charge in [0, 0.05) is 6.42 Å². The summed E-state index contributed by atoms with van der Waals surface area (Å²) in [4.78, 5) is 11.1. The van der Waals surface area contributed by atoms with Crippen LogP contribution < -0.4 is 0 Å². The van der Waals surface area contributed by atoms with Crippen LogP contribution in [0.2, 0.25) is 0 Å². The minimum Gasteiger partial charge on any atom is -0.466 e. The molecule has 0 aromatic heterocycles. The second kappa shape index (κ2) is 25.0. The Morgan fingerprint density at radius 3 is 1.67 bits per heavy atom. The maximum Gasteiger partial charge on any atom is 0.305 e. The van der Waals surface area contributed by atoms with Crippen molar-refractivity contribution in [2.45, 2.75) is 104 Å². The summed E-state index contributed by atoms with van der Waals surface area (Å²) in [5, 5.41) is 0. The van der Waals surface area contributed by atoms with E-state index in [0.29, 0.717) is 13.0 Å². The SMILES string of the molecule is CCCCCCCC/C=C\CCCCCCCC(=O)OCC.Cl.Cl. The van der Waals surface area contributed by atoms with Gasteiger partial charge in [0.15, 0.2) is 0 Å². The highest BCUT2D eigenvalue weighted by atomic mass is 35.5. The first-order valence-corrected chi connectivity index (χ1v) is 9.61. The number of hydrogen-bond donors (Lipinski definition) is 0. The topological polar surface area (TPSA) is 26.3 Å². The van der Waals surface area contributed by atoms with Crippen LogP contribution in [-0.4, -0.2) is 12.6 Å². The van der Waals surface area contributed by atoms with Gasteiger partial charge in [-0.3, -0.25) is 4.79 Å². The van der Waals surface area contributed by atoms with Crippen molar-refractivity contribution in [1.82, 2.24) is 0 Å². The van der Waals surface area contributed by atoms with Gasteiger partial charge < -0.3 is 4.74 Å². The zero-order valence-corrected chi connectivity index (χ0v) is 17.5. The third kappa shape index (κ3) is 24.0. The Bertz CT molecular complexity index is 268. The van der Waals surface area contributed by atoms with Gasteiger partial charge in [-0.1, -0.05) is 70.4 Å². The van der Waals surface area contributed by atoms with Crippen molar-refractivity contribution < 1.29 is 9.53 Å². The van der Waals surface area contributed by atoms with Crippen LogP contribution in [0.5, 0.6) is 0 Å². The van der Waals surface area contributed by atoms with Gasteiger partial charge in [-0.15, -0.1) is 24.8 Å². The largest absolute Gasteiger partial charge is 0.466 e. The molecule has 146 valence electrons. The summed E-state index contributed by atoms with van der Waals surface area (Å²) < 4.78 is 4.91. The first-order chi connectivity index (χ1) is 10.8. The number of carbonyl (C=O) groups excluding carboxylic acids is 1. The zero-order chi connectivity index (χ0) is 16.3.